The van der Waals surface area contributed by atoms with E-state index in [1.807, 2.05) is 0 Å². The topological polar surface area (TPSA) is 314 Å². The zero-order valence-electron chi connectivity index (χ0n) is 39.0. The molecule has 12 N–H and O–H groups in total. The third kappa shape index (κ3) is 11.0. The molecular weight excluding hydrogens is 972 g/mol. The molecule has 0 amide bonds. The largest absolute Gasteiger partial charge is 1.00 e. The first-order chi connectivity index (χ1) is 26.3. The number of fused-ring (bicyclic) bond motifs is 20. The quantitative estimate of drug-likeness (QED) is 0.0919. The van der Waals surface area contributed by atoms with Gasteiger partial charge in [-0.1, -0.05) is 38.5 Å². The van der Waals surface area contributed by atoms with E-state index < -0.39 is 98.0 Å². The number of hydrogen-bond donors (Lipinski definition) is 12. The van der Waals surface area contributed by atoms with Gasteiger partial charge in [0.05, 0.1) is 49.3 Å². The van der Waals surface area contributed by atoms with Crippen LogP contribution in [-0.4, -0.2) is 122 Å². The van der Waals surface area contributed by atoms with Crippen molar-refractivity contribution in [1.29, 1.82) is 0 Å². The van der Waals surface area contributed by atoms with Gasteiger partial charge in [-0.15, -0.1) is 0 Å². The van der Waals surface area contributed by atoms with Crippen molar-refractivity contribution in [2.75, 3.05) is 0 Å². The van der Waals surface area contributed by atoms with Gasteiger partial charge in [-0.3, -0.25) is 60.7 Å². The first-order valence-corrected chi connectivity index (χ1v) is 26.3. The fraction of sp³-hybridized carbons (Fsp3) is 1.00. The van der Waals surface area contributed by atoms with Crippen LogP contribution in [-0.2, 0) is 57.5 Å². The van der Waals surface area contributed by atoms with E-state index in [1.165, 1.54) is 0 Å². The molecule has 339 valence electrons. The average Bonchev–Trinajstić information content (AvgIpc) is 3.84. The first-order valence-electron chi connectivity index (χ1n) is 20.2. The second kappa shape index (κ2) is 21.7. The fourth-order valence-corrected chi connectivity index (χ4v) is 20.7. The minimum atomic E-state index is -5.87. The minimum Gasteiger partial charge on any atom is -1.00 e. The summed E-state index contributed by atoms with van der Waals surface area (Å²) in [6.45, 7) is 0. The summed E-state index contributed by atoms with van der Waals surface area (Å²) in [5, 5.41) is 17.7. The third-order valence-electron chi connectivity index (χ3n) is 15.4. The van der Waals surface area contributed by atoms with Gasteiger partial charge in [0.2, 0.25) is 0 Å². The van der Waals surface area contributed by atoms with Crippen molar-refractivity contribution >= 4 is 40.5 Å². The summed E-state index contributed by atoms with van der Waals surface area (Å²) in [6.07, 6.45) is 7.44. The van der Waals surface area contributed by atoms with Gasteiger partial charge < -0.3 is 5.71 Å². The molecule has 20 nitrogen and oxygen atoms in total. The SMILES string of the molecule is O=S(=O)(O)C1C2C3NC4NC(NC5NC(NC6NC(NC(N3)C2C(S(=O)(=O)O)C(S(=O)(=O)O)C1S(=O)(=O)O)C1CCCCC61)C1CCCCC51)C1CCCCC41.[Cu].[H-].[H-].[H-].[H-].[Na+].[Na+].[Na+].[Na+]. The normalized spacial score (nSPS) is 46.9. The first kappa shape index (κ1) is 57.4. The Morgan fingerprint density at radius 3 is 0.656 bits per heavy atom. The van der Waals surface area contributed by atoms with Crippen molar-refractivity contribution in [3.05, 3.63) is 0 Å². The summed E-state index contributed by atoms with van der Waals surface area (Å²) in [7, 11) is -23.0. The monoisotopic (exact) mass is 1030 g/mol. The zero-order valence-corrected chi connectivity index (χ0v) is 47.2. The Hall–Kier alpha value is 3.84. The molecule has 0 aromatic rings. The molecule has 4 aliphatic carbocycles. The summed E-state index contributed by atoms with van der Waals surface area (Å²) < 4.78 is 149. The number of hydrogen-bond acceptors (Lipinski definition) is 16. The van der Waals surface area contributed by atoms with Gasteiger partial charge in [-0.25, -0.2) is 0 Å². The summed E-state index contributed by atoms with van der Waals surface area (Å²) in [4.78, 5) is 0. The van der Waals surface area contributed by atoms with Crippen molar-refractivity contribution in [3.8, 4) is 0 Å². The van der Waals surface area contributed by atoms with Crippen LogP contribution in [0.25, 0.3) is 0 Å². The molecule has 0 aromatic carbocycles. The van der Waals surface area contributed by atoms with Gasteiger partial charge in [0.1, 0.15) is 21.0 Å². The molecule has 61 heavy (non-hydrogen) atoms. The van der Waals surface area contributed by atoms with E-state index in [-0.39, 0.29) is 189 Å². The molecule has 1 radical (unpaired) electrons. The summed E-state index contributed by atoms with van der Waals surface area (Å²) >= 11 is 0. The molecule has 9 fully saturated rings. The average molecular weight is 1030 g/mol. The van der Waals surface area contributed by atoms with E-state index in [4.69, 9.17) is 0 Å². The van der Waals surface area contributed by atoms with E-state index in [1.54, 1.807) is 0 Å². The molecule has 5 heterocycles. The molecular formula is C32H60CuN8Na4O12S4. The molecule has 20 unspecified atom stereocenters. The fourth-order valence-electron chi connectivity index (χ4n) is 13.4. The Morgan fingerprint density at radius 1 is 0.311 bits per heavy atom. The Labute approximate surface area is 464 Å². The van der Waals surface area contributed by atoms with Gasteiger partial charge in [0.25, 0.3) is 40.5 Å². The van der Waals surface area contributed by atoms with Gasteiger partial charge >= 0.3 is 118 Å². The predicted molar refractivity (Wildman–Crippen MR) is 205 cm³/mol. The Balaban J connectivity index is 0.00000455. The van der Waals surface area contributed by atoms with Crippen LogP contribution in [0.2, 0.25) is 0 Å². The molecule has 5 aliphatic heterocycles. The molecule has 9 aliphatic rings. The standard InChI is InChI=1S/C32H56N8O12S4.Cu.4Na.4H/c41-53(42,43)21-19-20(22(54(44,45)46)24(56(50,51)52)23(21)55(47,48)49)32-39-30-18-12-6-4-10-16(18)28(37-30)35-26-14-8-2-1-7-13(14)25(33-26)34-27-15-9-3-5-11-17(15)29(36-27)38-31(19)40-32;;;;;;;;;/h13-40H,1-12H2,(H,41,42,43)(H,44,45,46)(H,47,48,49)(H,50,51,52);;;;;;;;;/q;;4*+1;4*-1. The van der Waals surface area contributed by atoms with Gasteiger partial charge in [-0.2, -0.15) is 33.7 Å². The number of nitrogens with one attached hydrogen (secondary N) is 8. The Bertz CT molecular complexity index is 1890. The summed E-state index contributed by atoms with van der Waals surface area (Å²) in [6, 6.07) is 0. The van der Waals surface area contributed by atoms with E-state index in [0.29, 0.717) is 11.8 Å². The summed E-state index contributed by atoms with van der Waals surface area (Å²) in [5.41, 5.74) is 0. The van der Waals surface area contributed by atoms with Crippen LogP contribution in [0.5, 0.6) is 0 Å². The van der Waals surface area contributed by atoms with Crippen LogP contribution in [0.3, 0.4) is 0 Å². The molecule has 0 aromatic heterocycles. The smallest absolute Gasteiger partial charge is 1.00 e. The maximum Gasteiger partial charge on any atom is 1.00 e. The van der Waals surface area contributed by atoms with Crippen molar-refractivity contribution in [1.82, 2.24) is 42.5 Å². The van der Waals surface area contributed by atoms with E-state index >= 15 is 0 Å². The Kier molecular flexibility index (Phi) is 20.4. The molecule has 0 spiro atoms. The van der Waals surface area contributed by atoms with Gasteiger partial charge in [0.15, 0.2) is 0 Å². The second-order valence-corrected chi connectivity index (χ2v) is 24.4. The van der Waals surface area contributed by atoms with E-state index in [0.717, 1.165) is 77.0 Å². The number of rotatable bonds is 4. The minimum absolute atomic E-state index is 0. The van der Waals surface area contributed by atoms with Crippen LogP contribution in [0.15, 0.2) is 0 Å². The molecule has 29 heteroatoms. The molecule has 20 atom stereocenters. The zero-order chi connectivity index (χ0) is 39.7. The van der Waals surface area contributed by atoms with Crippen LogP contribution in [0.1, 0.15) is 82.8 Å². The van der Waals surface area contributed by atoms with Crippen LogP contribution in [0.4, 0.5) is 0 Å². The maximum atomic E-state index is 13.4. The van der Waals surface area contributed by atoms with Crippen molar-refractivity contribution in [2.24, 2.45) is 47.3 Å². The molecule has 8 bridgehead atoms. The van der Waals surface area contributed by atoms with Crippen LogP contribution in [0, 0.1) is 47.3 Å². The molecule has 4 saturated carbocycles. The molecule has 5 saturated heterocycles. The van der Waals surface area contributed by atoms with Crippen LogP contribution >= 0.6 is 0 Å². The second-order valence-electron chi connectivity index (χ2n) is 18.1. The maximum absolute atomic E-state index is 13.4. The molecule has 9 rings (SSSR count). The van der Waals surface area contributed by atoms with E-state index in [2.05, 4.69) is 42.5 Å². The van der Waals surface area contributed by atoms with Gasteiger partial charge in [0, 0.05) is 28.9 Å². The summed E-state index contributed by atoms with van der Waals surface area (Å²) in [5.74, 6) is -2.57. The Morgan fingerprint density at radius 2 is 0.475 bits per heavy atom. The van der Waals surface area contributed by atoms with Crippen molar-refractivity contribution in [2.45, 2.75) is 147 Å². The van der Waals surface area contributed by atoms with Gasteiger partial charge in [-0.05, 0) is 74.0 Å². The third-order valence-corrected chi connectivity index (χ3v) is 21.0. The van der Waals surface area contributed by atoms with Crippen molar-refractivity contribution < 1.29 is 193 Å². The predicted octanol–water partition coefficient (Wildman–Crippen LogP) is -13.5. The van der Waals surface area contributed by atoms with Crippen molar-refractivity contribution in [3.63, 3.8) is 0 Å². The van der Waals surface area contributed by atoms with E-state index in [9.17, 15) is 51.9 Å². The van der Waals surface area contributed by atoms with Crippen LogP contribution < -0.4 is 161 Å².